The van der Waals surface area contributed by atoms with Crippen LogP contribution in [0, 0.1) is 20.5 Å². The van der Waals surface area contributed by atoms with Crippen molar-refractivity contribution in [1.29, 1.82) is 0 Å². The first kappa shape index (κ1) is 33.7. The van der Waals surface area contributed by atoms with E-state index < -0.39 is 19.5 Å². The molecule has 1 N–H and O–H groups in total. The molecule has 0 radical (unpaired) electrons. The van der Waals surface area contributed by atoms with Gasteiger partial charge in [-0.25, -0.2) is 16.7 Å². The molecule has 1 fully saturated rings. The van der Waals surface area contributed by atoms with Gasteiger partial charge in [0, 0.05) is 12.2 Å². The van der Waals surface area contributed by atoms with Gasteiger partial charge in [0.2, 0.25) is 0 Å². The number of ether oxygens (including phenoxy) is 1. The van der Waals surface area contributed by atoms with Crippen molar-refractivity contribution in [2.45, 2.75) is 85.5 Å². The Hall–Kier alpha value is -0.298. The fourth-order valence-corrected chi connectivity index (χ4v) is 6.18. The van der Waals surface area contributed by atoms with E-state index in [1.165, 1.54) is 28.7 Å². The Kier molecular flexibility index (Phi) is 16.9. The van der Waals surface area contributed by atoms with E-state index in [-0.39, 0.29) is 0 Å². The molecule has 0 unspecified atom stereocenters. The molecule has 0 aromatic heterocycles. The molecule has 0 spiro atoms. The van der Waals surface area contributed by atoms with E-state index >= 15 is 0 Å². The van der Waals surface area contributed by atoms with Crippen LogP contribution in [0.25, 0.3) is 0 Å². The van der Waals surface area contributed by atoms with E-state index in [0.29, 0.717) is 17.2 Å². The number of nitrogens with zero attached hydrogens (tertiary/aromatic N) is 1. The molecule has 2 aromatic carbocycles. The van der Waals surface area contributed by atoms with Crippen molar-refractivity contribution in [3.8, 4) is 0 Å². The van der Waals surface area contributed by atoms with E-state index in [9.17, 15) is 0 Å². The van der Waals surface area contributed by atoms with Crippen LogP contribution in [0.15, 0.2) is 47.5 Å². The number of para-hydroxylation sites is 1. The fourth-order valence-electron chi connectivity index (χ4n) is 3.80. The van der Waals surface area contributed by atoms with Gasteiger partial charge in [-0.1, -0.05) is 68.3 Å². The van der Waals surface area contributed by atoms with Crippen LogP contribution in [0.2, 0.25) is 0 Å². The first-order valence-corrected chi connectivity index (χ1v) is 19.4. The third-order valence-corrected chi connectivity index (χ3v) is 8.66. The Labute approximate surface area is 238 Å². The number of halogens is 3. The quantitative estimate of drug-likeness (QED) is 0.152. The van der Waals surface area contributed by atoms with Crippen molar-refractivity contribution in [2.24, 2.45) is 4.99 Å². The Balaban J connectivity index is 0.000000606. The second-order valence-electron chi connectivity index (χ2n) is 9.74. The molecular formula is C28H43Cl3CrN2OP+. The van der Waals surface area contributed by atoms with Crippen LogP contribution in [-0.2, 0) is 16.1 Å². The van der Waals surface area contributed by atoms with Gasteiger partial charge < -0.3 is 4.74 Å². The summed E-state index contributed by atoms with van der Waals surface area (Å²) in [5, 5.41) is 3.88. The zero-order valence-electron chi connectivity index (χ0n) is 22.9. The first-order chi connectivity index (χ1) is 16.9. The molecule has 1 aliphatic heterocycles. The molecule has 0 bridgehead atoms. The van der Waals surface area contributed by atoms with Crippen LogP contribution in [0.1, 0.15) is 82.6 Å². The second kappa shape index (κ2) is 18.1. The second-order valence-corrected chi connectivity index (χ2v) is 19.5. The van der Waals surface area contributed by atoms with Crippen molar-refractivity contribution < 1.29 is 16.1 Å². The van der Waals surface area contributed by atoms with Crippen LogP contribution < -0.4 is 5.09 Å². The monoisotopic (exact) mass is 611 g/mol. The SMILES string of the molecule is Cc1ccc(C(=Nc2c(C)cccc2C(C)C)N[PH+](C(C)C)C(C)C)cc1.[CH-]1CCCO1.[Cl][Cr+]([Cl])[Cl]. The zero-order valence-corrected chi connectivity index (χ0v) is 27.4. The standard InChI is InChI=1S/C24H35N2P.C4H7O.3ClH.Cr/c1-16(2)22-11-9-10-20(8)23(22)25-24(21-14-12-19(7)13-15-21)26-27(17(3)4)18(5)6;1-2-4-5-3-1;;;;/h9-18H,1-8H3,(H,25,26);3H,1-2,4H2;3*1H;/q;-1;;;;+4/p-2. The summed E-state index contributed by atoms with van der Waals surface area (Å²) in [6, 6.07) is 15.2. The molecular weight excluding hydrogens is 570 g/mol. The number of hydrogen-bond donors (Lipinski definition) is 1. The van der Waals surface area contributed by atoms with E-state index in [1.54, 1.807) is 0 Å². The summed E-state index contributed by atoms with van der Waals surface area (Å²) in [5.41, 5.74) is 7.36. The molecule has 1 heterocycles. The summed E-state index contributed by atoms with van der Waals surface area (Å²) in [5.74, 6) is 1.46. The van der Waals surface area contributed by atoms with Gasteiger partial charge in [-0.05, 0) is 58.6 Å². The van der Waals surface area contributed by atoms with Gasteiger partial charge in [0.1, 0.15) is 0 Å². The molecule has 3 nitrogen and oxygen atoms in total. The predicted octanol–water partition coefficient (Wildman–Crippen LogP) is 10.1. The maximum atomic E-state index is 5.21. The molecule has 0 atom stereocenters. The van der Waals surface area contributed by atoms with Gasteiger partial charge in [0.05, 0.1) is 25.1 Å². The van der Waals surface area contributed by atoms with Crippen LogP contribution in [-0.4, -0.2) is 23.8 Å². The topological polar surface area (TPSA) is 33.6 Å². The summed E-state index contributed by atoms with van der Waals surface area (Å²) >= 11 is -1.62. The van der Waals surface area contributed by atoms with E-state index in [4.69, 9.17) is 39.9 Å². The van der Waals surface area contributed by atoms with Gasteiger partial charge in [0.15, 0.2) is 5.84 Å². The first-order valence-electron chi connectivity index (χ1n) is 12.5. The van der Waals surface area contributed by atoms with Crippen molar-refractivity contribution in [3.05, 3.63) is 71.3 Å². The number of rotatable bonds is 6. The summed E-state index contributed by atoms with van der Waals surface area (Å²) in [6.45, 7) is 20.9. The molecule has 1 saturated heterocycles. The van der Waals surface area contributed by atoms with Crippen LogP contribution >= 0.6 is 38.2 Å². The molecule has 2 aromatic rings. The Morgan fingerprint density at radius 3 is 1.97 bits per heavy atom. The third-order valence-electron chi connectivity index (χ3n) is 5.65. The van der Waals surface area contributed by atoms with Gasteiger partial charge in [-0.3, -0.25) is 0 Å². The average Bonchev–Trinajstić information content (AvgIpc) is 3.37. The number of aliphatic imine (C=N–C) groups is 1. The van der Waals surface area contributed by atoms with Crippen molar-refractivity contribution >= 4 is 49.7 Å². The Bertz CT molecular complexity index is 899. The Morgan fingerprint density at radius 1 is 0.972 bits per heavy atom. The van der Waals surface area contributed by atoms with Gasteiger partial charge >= 0.3 is 41.5 Å². The minimum atomic E-state index is -1.62. The summed E-state index contributed by atoms with van der Waals surface area (Å²) in [4.78, 5) is 5.21. The number of benzene rings is 2. The fraction of sp³-hybridized carbons (Fsp3) is 0.500. The summed E-state index contributed by atoms with van der Waals surface area (Å²) in [6.07, 6.45) is 2.38. The van der Waals surface area contributed by atoms with Gasteiger partial charge in [0.25, 0.3) is 0 Å². The minimum absolute atomic E-state index is 0.447. The van der Waals surface area contributed by atoms with Crippen molar-refractivity contribution in [2.75, 3.05) is 6.61 Å². The van der Waals surface area contributed by atoms with Crippen LogP contribution in [0.3, 0.4) is 0 Å². The molecule has 36 heavy (non-hydrogen) atoms. The zero-order chi connectivity index (χ0) is 27.3. The van der Waals surface area contributed by atoms with Crippen LogP contribution in [0.4, 0.5) is 5.69 Å². The van der Waals surface area contributed by atoms with Gasteiger partial charge in [-0.15, -0.1) is 0 Å². The molecule has 0 aliphatic carbocycles. The van der Waals surface area contributed by atoms with Gasteiger partial charge in [-0.2, -0.15) is 6.42 Å². The third kappa shape index (κ3) is 13.0. The van der Waals surface area contributed by atoms with E-state index in [2.05, 4.69) is 103 Å². The molecule has 202 valence electrons. The molecule has 3 rings (SSSR count). The van der Waals surface area contributed by atoms with E-state index in [0.717, 1.165) is 24.6 Å². The summed E-state index contributed by atoms with van der Waals surface area (Å²) < 4.78 is 4.82. The van der Waals surface area contributed by atoms with Crippen molar-refractivity contribution in [3.63, 3.8) is 0 Å². The molecule has 1 aliphatic rings. The molecule has 0 saturated carbocycles. The van der Waals surface area contributed by atoms with Crippen LogP contribution in [0.5, 0.6) is 0 Å². The van der Waals surface area contributed by atoms with E-state index in [1.807, 2.05) is 6.61 Å². The summed E-state index contributed by atoms with van der Waals surface area (Å²) in [7, 11) is 14.0. The predicted molar refractivity (Wildman–Crippen MR) is 161 cm³/mol. The maximum absolute atomic E-state index is 5.21. The number of nitrogens with one attached hydrogen (secondary N) is 1. The number of hydrogen-bond acceptors (Lipinski definition) is 2. The molecule has 8 heteroatoms. The normalized spacial score (nSPS) is 13.7. The van der Waals surface area contributed by atoms with Crippen molar-refractivity contribution in [1.82, 2.24) is 5.09 Å². The Morgan fingerprint density at radius 2 is 1.56 bits per heavy atom. The number of amidine groups is 1. The number of aryl methyl sites for hydroxylation is 2. The molecule has 0 amide bonds. The average molecular weight is 613 g/mol.